The fourth-order valence-electron chi connectivity index (χ4n) is 4.20. The summed E-state index contributed by atoms with van der Waals surface area (Å²) in [6.07, 6.45) is 7.62. The van der Waals surface area contributed by atoms with Crippen LogP contribution in [-0.2, 0) is 9.59 Å². The third-order valence-corrected chi connectivity index (χ3v) is 5.56. The molecule has 0 spiro atoms. The molecule has 4 aliphatic rings. The smallest absolute Gasteiger partial charge is 0.254 e. The van der Waals surface area contributed by atoms with Gasteiger partial charge >= 0.3 is 0 Å². The molecular weight excluding hydrogens is 340 g/mol. The van der Waals surface area contributed by atoms with E-state index in [1.807, 2.05) is 6.92 Å². The van der Waals surface area contributed by atoms with Crippen LogP contribution in [0.1, 0.15) is 25.3 Å². The van der Waals surface area contributed by atoms with E-state index in [9.17, 15) is 9.59 Å². The Morgan fingerprint density at radius 3 is 2.40 bits per heavy atom. The Hall–Kier alpha value is -2.14. The van der Waals surface area contributed by atoms with Gasteiger partial charge in [-0.1, -0.05) is 23.8 Å². The van der Waals surface area contributed by atoms with Gasteiger partial charge in [0.05, 0.1) is 24.7 Å². The molecule has 1 saturated carbocycles. The molecule has 1 heterocycles. The van der Waals surface area contributed by atoms with Crippen molar-refractivity contribution < 1.29 is 14.3 Å². The number of hydrogen-bond donors (Lipinski definition) is 0. The number of hydrazone groups is 1. The summed E-state index contributed by atoms with van der Waals surface area (Å²) in [5, 5.41) is 5.79. The Labute approximate surface area is 151 Å². The van der Waals surface area contributed by atoms with Gasteiger partial charge in [-0.25, -0.2) is 0 Å². The van der Waals surface area contributed by atoms with Crippen LogP contribution in [0.25, 0.3) is 0 Å². The van der Waals surface area contributed by atoms with Crippen LogP contribution in [0.5, 0.6) is 5.75 Å². The Morgan fingerprint density at radius 1 is 1.20 bits per heavy atom. The number of ether oxygens (including phenoxy) is 1. The number of fused-ring (bicyclic) bond motifs is 1. The van der Waals surface area contributed by atoms with Crippen LogP contribution in [0.2, 0.25) is 5.02 Å². The highest BCUT2D eigenvalue weighted by atomic mass is 35.5. The molecule has 130 valence electrons. The van der Waals surface area contributed by atoms with Crippen molar-refractivity contribution in [3.63, 3.8) is 0 Å². The normalized spacial score (nSPS) is 30.4. The van der Waals surface area contributed by atoms with Crippen molar-refractivity contribution in [3.8, 4) is 5.75 Å². The van der Waals surface area contributed by atoms with Crippen molar-refractivity contribution >= 4 is 29.6 Å². The third-order valence-electron chi connectivity index (χ3n) is 5.32. The minimum Gasteiger partial charge on any atom is -0.493 e. The van der Waals surface area contributed by atoms with E-state index in [1.54, 1.807) is 18.2 Å². The summed E-state index contributed by atoms with van der Waals surface area (Å²) < 4.78 is 5.55. The Kier molecular flexibility index (Phi) is 4.12. The monoisotopic (exact) mass is 358 g/mol. The van der Waals surface area contributed by atoms with Crippen molar-refractivity contribution in [1.82, 2.24) is 5.01 Å². The second-order valence-corrected chi connectivity index (χ2v) is 7.13. The Bertz CT molecular complexity index is 757. The van der Waals surface area contributed by atoms with Gasteiger partial charge in [0.25, 0.3) is 11.8 Å². The van der Waals surface area contributed by atoms with Crippen LogP contribution in [0.15, 0.2) is 35.5 Å². The topological polar surface area (TPSA) is 59.0 Å². The highest BCUT2D eigenvalue weighted by Crippen LogP contribution is 2.49. The molecule has 0 N–H and O–H groups in total. The van der Waals surface area contributed by atoms with Gasteiger partial charge in [0, 0.05) is 10.6 Å². The van der Waals surface area contributed by atoms with E-state index in [4.69, 9.17) is 16.3 Å². The summed E-state index contributed by atoms with van der Waals surface area (Å²) in [6, 6.07) is 5.19. The fourth-order valence-corrected chi connectivity index (χ4v) is 4.38. The van der Waals surface area contributed by atoms with E-state index in [1.165, 1.54) is 6.21 Å². The molecule has 1 aliphatic heterocycles. The third kappa shape index (κ3) is 2.67. The molecule has 0 radical (unpaired) electrons. The van der Waals surface area contributed by atoms with Crippen LogP contribution >= 0.6 is 11.6 Å². The molecule has 2 fully saturated rings. The van der Waals surface area contributed by atoms with Crippen LogP contribution < -0.4 is 4.74 Å². The molecule has 2 bridgehead atoms. The van der Waals surface area contributed by atoms with Crippen molar-refractivity contribution in [1.29, 1.82) is 0 Å². The van der Waals surface area contributed by atoms with E-state index in [0.717, 1.165) is 17.9 Å². The lowest BCUT2D eigenvalue weighted by atomic mass is 9.63. The van der Waals surface area contributed by atoms with Gasteiger partial charge in [-0.3, -0.25) is 9.59 Å². The van der Waals surface area contributed by atoms with E-state index in [2.05, 4.69) is 17.3 Å². The predicted octanol–water partition coefficient (Wildman–Crippen LogP) is 3.27. The number of carbonyl (C=O) groups excluding carboxylic acids is 2. The van der Waals surface area contributed by atoms with Crippen molar-refractivity contribution in [2.24, 2.45) is 28.8 Å². The highest BCUT2D eigenvalue weighted by molar-refractivity contribution is 6.30. The minimum atomic E-state index is -0.251. The Morgan fingerprint density at radius 2 is 1.84 bits per heavy atom. The molecule has 1 saturated heterocycles. The second-order valence-electron chi connectivity index (χ2n) is 6.69. The first-order valence-electron chi connectivity index (χ1n) is 8.62. The maximum Gasteiger partial charge on any atom is 0.254 e. The van der Waals surface area contributed by atoms with Crippen molar-refractivity contribution in [2.45, 2.75) is 19.8 Å². The first-order valence-corrected chi connectivity index (χ1v) is 9.00. The van der Waals surface area contributed by atoms with Gasteiger partial charge in [0.2, 0.25) is 0 Å². The van der Waals surface area contributed by atoms with Crippen LogP contribution in [-0.4, -0.2) is 29.6 Å². The summed E-state index contributed by atoms with van der Waals surface area (Å²) >= 11 is 6.04. The maximum absolute atomic E-state index is 12.7. The zero-order chi connectivity index (χ0) is 17.6. The summed E-state index contributed by atoms with van der Waals surface area (Å²) in [7, 11) is 0. The van der Waals surface area contributed by atoms with E-state index in [0.29, 0.717) is 22.9 Å². The molecule has 6 heteroatoms. The largest absolute Gasteiger partial charge is 0.493 e. The van der Waals surface area contributed by atoms with Gasteiger partial charge in [-0.2, -0.15) is 10.1 Å². The van der Waals surface area contributed by atoms with Crippen molar-refractivity contribution in [3.05, 3.63) is 40.9 Å². The lowest BCUT2D eigenvalue weighted by molar-refractivity contribution is -0.140. The highest BCUT2D eigenvalue weighted by Gasteiger charge is 2.56. The average Bonchev–Trinajstić information content (AvgIpc) is 2.89. The molecule has 0 unspecified atom stereocenters. The predicted molar refractivity (Wildman–Crippen MR) is 94.4 cm³/mol. The molecule has 5 rings (SSSR count). The SMILES string of the molecule is CCOc1ccc(Cl)cc1/C=N\N1C(=O)[C@H]2[C@H](C1=O)[C@@H]1C=C[C@@H]2CC1. The molecule has 1 aromatic rings. The number of halogens is 1. The zero-order valence-electron chi connectivity index (χ0n) is 13.9. The number of rotatable bonds is 4. The van der Waals surface area contributed by atoms with E-state index in [-0.39, 0.29) is 35.5 Å². The van der Waals surface area contributed by atoms with Crippen LogP contribution in [0, 0.1) is 23.7 Å². The number of benzene rings is 1. The number of hydrogen-bond acceptors (Lipinski definition) is 4. The van der Waals surface area contributed by atoms with E-state index < -0.39 is 0 Å². The van der Waals surface area contributed by atoms with Crippen molar-refractivity contribution in [2.75, 3.05) is 6.61 Å². The van der Waals surface area contributed by atoms with Gasteiger partial charge in [-0.15, -0.1) is 0 Å². The summed E-state index contributed by atoms with van der Waals surface area (Å²) in [5.41, 5.74) is 0.644. The summed E-state index contributed by atoms with van der Waals surface area (Å²) in [5.74, 6) is 0.0660. The fraction of sp³-hybridized carbons (Fsp3) is 0.421. The molecule has 1 aromatic carbocycles. The number of amides is 2. The molecule has 5 nitrogen and oxygen atoms in total. The number of imide groups is 1. The van der Waals surface area contributed by atoms with Gasteiger partial charge in [0.1, 0.15) is 5.75 Å². The van der Waals surface area contributed by atoms with Gasteiger partial charge in [-0.05, 0) is 49.8 Å². The zero-order valence-corrected chi connectivity index (χ0v) is 14.6. The number of allylic oxidation sites excluding steroid dienone is 2. The molecule has 0 aromatic heterocycles. The van der Waals surface area contributed by atoms with E-state index >= 15 is 0 Å². The first-order chi connectivity index (χ1) is 12.1. The lowest BCUT2D eigenvalue weighted by Gasteiger charge is -2.37. The minimum absolute atomic E-state index is 0.164. The average molecular weight is 359 g/mol. The number of nitrogens with zero attached hydrogens (tertiary/aromatic N) is 2. The lowest BCUT2D eigenvalue weighted by Crippen LogP contribution is -2.38. The second kappa shape index (κ2) is 6.30. The first kappa shape index (κ1) is 16.3. The summed E-state index contributed by atoms with van der Waals surface area (Å²) in [4.78, 5) is 25.5. The molecule has 2 amide bonds. The van der Waals surface area contributed by atoms with Crippen LogP contribution in [0.3, 0.4) is 0 Å². The molecule has 25 heavy (non-hydrogen) atoms. The number of carbonyl (C=O) groups is 2. The summed E-state index contributed by atoms with van der Waals surface area (Å²) in [6.45, 7) is 2.39. The van der Waals surface area contributed by atoms with Gasteiger partial charge < -0.3 is 4.74 Å². The quantitative estimate of drug-likeness (QED) is 0.471. The van der Waals surface area contributed by atoms with Crippen LogP contribution in [0.4, 0.5) is 0 Å². The van der Waals surface area contributed by atoms with Gasteiger partial charge in [0.15, 0.2) is 0 Å². The standard InChI is InChI=1S/C19H19ClN2O3/c1-2-25-15-8-7-14(20)9-13(15)10-21-22-18(23)16-11-3-4-12(6-5-11)17(16)19(22)24/h3-4,7-12,16-17H,2,5-6H2,1H3/b21-10-/t11-,12-,16-,17-/m1/s1. The molecule has 3 aliphatic carbocycles. The molecular formula is C19H19ClN2O3. The molecule has 4 atom stereocenters. The maximum atomic E-state index is 12.7. The Balaban J connectivity index is 1.62.